The van der Waals surface area contributed by atoms with Crippen LogP contribution in [0.1, 0.15) is 42.5 Å². The Morgan fingerprint density at radius 2 is 2.05 bits per heavy atom. The predicted octanol–water partition coefficient (Wildman–Crippen LogP) is 3.64. The molecule has 1 saturated carbocycles. The molecule has 2 rings (SSSR count). The van der Waals surface area contributed by atoms with Crippen molar-refractivity contribution in [1.29, 1.82) is 0 Å². The molecular formula is C15H21ClN2O2. The van der Waals surface area contributed by atoms with E-state index in [0.29, 0.717) is 22.3 Å². The molecule has 0 bridgehead atoms. The van der Waals surface area contributed by atoms with Crippen LogP contribution >= 0.6 is 11.6 Å². The molecule has 0 spiro atoms. The Labute approximate surface area is 124 Å². The number of rotatable bonds is 4. The third-order valence-electron chi connectivity index (χ3n) is 3.95. The fourth-order valence-corrected chi connectivity index (χ4v) is 3.39. The summed E-state index contributed by atoms with van der Waals surface area (Å²) in [6, 6.07) is 3.08. The van der Waals surface area contributed by atoms with Crippen LogP contribution in [0.5, 0.6) is 0 Å². The van der Waals surface area contributed by atoms with Gasteiger partial charge in [-0.25, -0.2) is 4.79 Å². The smallest absolute Gasteiger partial charge is 0.337 e. The molecule has 0 atom stereocenters. The van der Waals surface area contributed by atoms with Gasteiger partial charge in [-0.3, -0.25) is 0 Å². The lowest BCUT2D eigenvalue weighted by Gasteiger charge is -2.29. The van der Waals surface area contributed by atoms with Crippen LogP contribution in [0.2, 0.25) is 5.02 Å². The lowest BCUT2D eigenvalue weighted by Crippen LogP contribution is -2.28. The van der Waals surface area contributed by atoms with Crippen LogP contribution in [0.3, 0.4) is 0 Å². The molecule has 1 fully saturated rings. The van der Waals surface area contributed by atoms with Crippen molar-refractivity contribution < 1.29 is 9.90 Å². The highest BCUT2D eigenvalue weighted by molar-refractivity contribution is 6.34. The average Bonchev–Trinajstić information content (AvgIpc) is 2.38. The van der Waals surface area contributed by atoms with Crippen molar-refractivity contribution in [2.45, 2.75) is 32.1 Å². The summed E-state index contributed by atoms with van der Waals surface area (Å²) in [5, 5.41) is 9.73. The number of nitrogens with zero attached hydrogens (tertiary/aromatic N) is 1. The zero-order chi connectivity index (χ0) is 14.7. The first-order chi connectivity index (χ1) is 9.49. The van der Waals surface area contributed by atoms with Gasteiger partial charge in [-0.15, -0.1) is 0 Å². The summed E-state index contributed by atoms with van der Waals surface area (Å²) in [4.78, 5) is 13.3. The minimum atomic E-state index is -0.996. The van der Waals surface area contributed by atoms with E-state index >= 15 is 0 Å². The van der Waals surface area contributed by atoms with Crippen molar-refractivity contribution in [3.05, 3.63) is 22.7 Å². The largest absolute Gasteiger partial charge is 0.478 e. The summed E-state index contributed by atoms with van der Waals surface area (Å²) in [5.74, 6) is -0.381. The molecule has 110 valence electrons. The maximum atomic E-state index is 11.4. The SMILES string of the molecule is CN(CC1CCCCC1)c1c(Cl)cc(N)cc1C(=O)O. The Hall–Kier alpha value is -1.42. The van der Waals surface area contributed by atoms with E-state index in [1.54, 1.807) is 6.07 Å². The number of nitrogens with two attached hydrogens (primary N) is 1. The molecule has 0 unspecified atom stereocenters. The number of hydrogen-bond donors (Lipinski definition) is 2. The van der Waals surface area contributed by atoms with Crippen LogP contribution in [-0.4, -0.2) is 24.7 Å². The van der Waals surface area contributed by atoms with Gasteiger partial charge in [-0.2, -0.15) is 0 Å². The molecule has 0 aliphatic heterocycles. The Morgan fingerprint density at radius 3 is 2.65 bits per heavy atom. The first-order valence-corrected chi connectivity index (χ1v) is 7.40. The molecule has 1 aromatic rings. The van der Waals surface area contributed by atoms with Crippen LogP contribution in [0, 0.1) is 5.92 Å². The molecule has 1 aliphatic carbocycles. The maximum Gasteiger partial charge on any atom is 0.337 e. The second-order valence-corrected chi connectivity index (χ2v) is 6.00. The third-order valence-corrected chi connectivity index (χ3v) is 4.24. The van der Waals surface area contributed by atoms with Gasteiger partial charge in [-0.1, -0.05) is 30.9 Å². The quantitative estimate of drug-likeness (QED) is 0.833. The third kappa shape index (κ3) is 3.37. The van der Waals surface area contributed by atoms with Crippen molar-refractivity contribution >= 4 is 28.9 Å². The highest BCUT2D eigenvalue weighted by atomic mass is 35.5. The van der Waals surface area contributed by atoms with Crippen LogP contribution in [-0.2, 0) is 0 Å². The standard InChI is InChI=1S/C15H21ClN2O2/c1-18(9-10-5-3-2-4-6-10)14-12(15(19)20)7-11(17)8-13(14)16/h7-8,10H,2-6,9,17H2,1H3,(H,19,20). The lowest BCUT2D eigenvalue weighted by molar-refractivity contribution is 0.0697. The highest BCUT2D eigenvalue weighted by Gasteiger charge is 2.21. The number of halogens is 1. The van der Waals surface area contributed by atoms with Gasteiger partial charge in [0.1, 0.15) is 0 Å². The maximum absolute atomic E-state index is 11.4. The summed E-state index contributed by atoms with van der Waals surface area (Å²) >= 11 is 6.21. The second kappa shape index (κ2) is 6.35. The van der Waals surface area contributed by atoms with E-state index in [9.17, 15) is 9.90 Å². The van der Waals surface area contributed by atoms with Gasteiger partial charge >= 0.3 is 5.97 Å². The lowest BCUT2D eigenvalue weighted by atomic mass is 9.89. The van der Waals surface area contributed by atoms with Crippen LogP contribution < -0.4 is 10.6 Å². The van der Waals surface area contributed by atoms with E-state index in [-0.39, 0.29) is 5.56 Å². The van der Waals surface area contributed by atoms with Crippen LogP contribution in [0.15, 0.2) is 12.1 Å². The molecule has 0 radical (unpaired) electrons. The van der Waals surface area contributed by atoms with Crippen LogP contribution in [0.25, 0.3) is 0 Å². The van der Waals surface area contributed by atoms with E-state index in [0.717, 1.165) is 6.54 Å². The van der Waals surface area contributed by atoms with E-state index in [2.05, 4.69) is 0 Å². The van der Waals surface area contributed by atoms with Gasteiger partial charge in [0.05, 0.1) is 16.3 Å². The fourth-order valence-electron chi connectivity index (χ4n) is 3.02. The van der Waals surface area contributed by atoms with Crippen molar-refractivity contribution in [3.8, 4) is 0 Å². The second-order valence-electron chi connectivity index (χ2n) is 5.59. The number of carboxylic acids is 1. The number of benzene rings is 1. The monoisotopic (exact) mass is 296 g/mol. The minimum absolute atomic E-state index is 0.174. The molecule has 4 nitrogen and oxygen atoms in total. The topological polar surface area (TPSA) is 66.6 Å². The summed E-state index contributed by atoms with van der Waals surface area (Å²) < 4.78 is 0. The number of carboxylic acid groups (broad SMARTS) is 1. The van der Waals surface area contributed by atoms with Crippen molar-refractivity contribution in [2.75, 3.05) is 24.2 Å². The zero-order valence-corrected chi connectivity index (χ0v) is 12.5. The summed E-state index contributed by atoms with van der Waals surface area (Å²) in [6.07, 6.45) is 6.25. The fraction of sp³-hybridized carbons (Fsp3) is 0.533. The minimum Gasteiger partial charge on any atom is -0.478 e. The number of carbonyl (C=O) groups is 1. The molecular weight excluding hydrogens is 276 g/mol. The molecule has 1 aliphatic rings. The number of nitrogen functional groups attached to an aromatic ring is 1. The van der Waals surface area contributed by atoms with Crippen molar-refractivity contribution in [1.82, 2.24) is 0 Å². The Kier molecular flexibility index (Phi) is 4.76. The van der Waals surface area contributed by atoms with Gasteiger partial charge in [0.2, 0.25) is 0 Å². The van der Waals surface area contributed by atoms with Crippen molar-refractivity contribution in [3.63, 3.8) is 0 Å². The van der Waals surface area contributed by atoms with Gasteiger partial charge < -0.3 is 15.7 Å². The van der Waals surface area contributed by atoms with Crippen molar-refractivity contribution in [2.24, 2.45) is 5.92 Å². The normalized spacial score (nSPS) is 16.1. The first-order valence-electron chi connectivity index (χ1n) is 7.02. The van der Waals surface area contributed by atoms with E-state index < -0.39 is 5.97 Å². The molecule has 5 heteroatoms. The number of hydrogen-bond acceptors (Lipinski definition) is 3. The summed E-state index contributed by atoms with van der Waals surface area (Å²) in [5.41, 5.74) is 6.80. The van der Waals surface area contributed by atoms with Gasteiger partial charge in [0.15, 0.2) is 0 Å². The zero-order valence-electron chi connectivity index (χ0n) is 11.7. The Bertz CT molecular complexity index is 499. The Morgan fingerprint density at radius 1 is 1.40 bits per heavy atom. The van der Waals surface area contributed by atoms with E-state index in [1.807, 2.05) is 11.9 Å². The van der Waals surface area contributed by atoms with Gasteiger partial charge in [0.25, 0.3) is 0 Å². The number of aromatic carboxylic acids is 1. The first kappa shape index (κ1) is 15.0. The summed E-state index contributed by atoms with van der Waals surface area (Å²) in [6.45, 7) is 0.837. The predicted molar refractivity (Wildman–Crippen MR) is 82.7 cm³/mol. The molecule has 0 saturated heterocycles. The van der Waals surface area contributed by atoms with E-state index in [1.165, 1.54) is 38.2 Å². The van der Waals surface area contributed by atoms with E-state index in [4.69, 9.17) is 17.3 Å². The van der Waals surface area contributed by atoms with Crippen LogP contribution in [0.4, 0.5) is 11.4 Å². The molecule has 0 heterocycles. The molecule has 20 heavy (non-hydrogen) atoms. The highest BCUT2D eigenvalue weighted by Crippen LogP contribution is 2.34. The van der Waals surface area contributed by atoms with Gasteiger partial charge in [0, 0.05) is 19.3 Å². The van der Waals surface area contributed by atoms with Gasteiger partial charge in [-0.05, 0) is 30.9 Å². The summed E-state index contributed by atoms with van der Waals surface area (Å²) in [7, 11) is 1.90. The molecule has 0 amide bonds. The molecule has 3 N–H and O–H groups in total. The Balaban J connectivity index is 2.23. The molecule has 1 aromatic carbocycles. The number of anilines is 2. The average molecular weight is 297 g/mol. The molecule has 0 aromatic heterocycles.